The van der Waals surface area contributed by atoms with Gasteiger partial charge < -0.3 is 24.4 Å². The fourth-order valence-electron chi connectivity index (χ4n) is 4.67. The van der Waals surface area contributed by atoms with Crippen molar-refractivity contribution >= 4 is 40.1 Å². The van der Waals surface area contributed by atoms with E-state index >= 15 is 4.57 Å². The second-order valence-corrected chi connectivity index (χ2v) is 11.7. The maximum absolute atomic E-state index is 15.2. The van der Waals surface area contributed by atoms with Crippen LogP contribution in [0.2, 0.25) is 0 Å². The van der Waals surface area contributed by atoms with Gasteiger partial charge in [-0.15, -0.1) is 0 Å². The SMILES string of the molecule is CCN(CC)c1ccc(P2(=O)c3cc(N(C)C)ccc3C(O)c3ccc(N(C)C)cc32)cc1. The van der Waals surface area contributed by atoms with Gasteiger partial charge in [0.2, 0.25) is 0 Å². The molecule has 1 aliphatic rings. The van der Waals surface area contributed by atoms with Gasteiger partial charge in [0, 0.05) is 74.3 Å². The summed E-state index contributed by atoms with van der Waals surface area (Å²) in [5.41, 5.74) is 4.50. The van der Waals surface area contributed by atoms with E-state index in [1.54, 1.807) is 0 Å². The van der Waals surface area contributed by atoms with Gasteiger partial charge in [0.25, 0.3) is 0 Å². The van der Waals surface area contributed by atoms with Crippen molar-refractivity contribution in [2.45, 2.75) is 20.0 Å². The maximum Gasteiger partial charge on any atom is 0.171 e. The summed E-state index contributed by atoms with van der Waals surface area (Å²) >= 11 is 0. The molecule has 0 radical (unpaired) electrons. The van der Waals surface area contributed by atoms with E-state index < -0.39 is 13.2 Å². The molecule has 0 saturated carbocycles. The Labute approximate surface area is 197 Å². The number of rotatable bonds is 6. The zero-order valence-electron chi connectivity index (χ0n) is 20.4. The maximum atomic E-state index is 15.2. The van der Waals surface area contributed by atoms with Crippen LogP contribution in [0.15, 0.2) is 60.7 Å². The molecule has 1 heterocycles. The third-order valence-electron chi connectivity index (χ3n) is 6.67. The van der Waals surface area contributed by atoms with E-state index in [2.05, 4.69) is 30.9 Å². The molecule has 0 unspecified atom stereocenters. The monoisotopic (exact) mass is 463 g/mol. The molecule has 5 nitrogen and oxygen atoms in total. The average molecular weight is 464 g/mol. The van der Waals surface area contributed by atoms with Gasteiger partial charge in [-0.3, -0.25) is 0 Å². The predicted molar refractivity (Wildman–Crippen MR) is 142 cm³/mol. The molecule has 6 heteroatoms. The normalized spacial score (nSPS) is 18.9. The highest BCUT2D eigenvalue weighted by atomic mass is 31.2. The van der Waals surface area contributed by atoms with E-state index in [0.29, 0.717) is 0 Å². The lowest BCUT2D eigenvalue weighted by Crippen LogP contribution is -2.37. The second kappa shape index (κ2) is 8.89. The standard InChI is InChI=1S/C27H34N3O2P/c1-7-30(8-2)19-9-13-22(14-10-19)33(32)25-17-20(28(3)4)11-15-23(25)27(31)24-16-12-21(29(5)6)18-26(24)33/h9-18,27,31H,7-8H2,1-6H3. The van der Waals surface area contributed by atoms with Crippen LogP contribution in [-0.4, -0.2) is 46.4 Å². The fourth-order valence-corrected chi connectivity index (χ4v) is 7.80. The van der Waals surface area contributed by atoms with Crippen LogP contribution < -0.4 is 30.6 Å². The summed E-state index contributed by atoms with van der Waals surface area (Å²) in [6.45, 7) is 6.12. The van der Waals surface area contributed by atoms with Gasteiger partial charge in [-0.1, -0.05) is 12.1 Å². The molecule has 3 aromatic carbocycles. The molecule has 0 aromatic heterocycles. The van der Waals surface area contributed by atoms with Crippen LogP contribution >= 0.6 is 7.14 Å². The minimum atomic E-state index is -3.22. The summed E-state index contributed by atoms with van der Waals surface area (Å²) in [6, 6.07) is 19.9. The van der Waals surface area contributed by atoms with Crippen LogP contribution in [0.1, 0.15) is 31.1 Å². The lowest BCUT2D eigenvalue weighted by molar-refractivity contribution is 0.222. The highest BCUT2D eigenvalue weighted by Gasteiger charge is 2.41. The Bertz CT molecular complexity index is 1140. The lowest BCUT2D eigenvalue weighted by Gasteiger charge is -2.34. The zero-order valence-corrected chi connectivity index (χ0v) is 21.3. The van der Waals surface area contributed by atoms with Crippen molar-refractivity contribution in [3.63, 3.8) is 0 Å². The fraction of sp³-hybridized carbons (Fsp3) is 0.333. The van der Waals surface area contributed by atoms with Gasteiger partial charge in [-0.05, 0) is 73.5 Å². The summed E-state index contributed by atoms with van der Waals surface area (Å²) in [4.78, 5) is 6.29. The summed E-state index contributed by atoms with van der Waals surface area (Å²) in [5, 5.41) is 13.5. The van der Waals surface area contributed by atoms with Gasteiger partial charge in [0.15, 0.2) is 7.14 Å². The Hall–Kier alpha value is -2.75. The molecule has 0 aliphatic carbocycles. The van der Waals surface area contributed by atoms with Crippen molar-refractivity contribution in [3.05, 3.63) is 71.8 Å². The first-order valence-corrected chi connectivity index (χ1v) is 13.2. The van der Waals surface area contributed by atoms with Gasteiger partial charge in [-0.2, -0.15) is 0 Å². The first kappa shape index (κ1) is 23.4. The number of aliphatic hydroxyl groups excluding tert-OH is 1. The van der Waals surface area contributed by atoms with Gasteiger partial charge in [-0.25, -0.2) is 0 Å². The van der Waals surface area contributed by atoms with E-state index in [9.17, 15) is 5.11 Å². The summed E-state index contributed by atoms with van der Waals surface area (Å²) < 4.78 is 15.2. The molecule has 0 amide bonds. The number of hydrogen-bond donors (Lipinski definition) is 1. The minimum absolute atomic E-state index is 0.722. The molecule has 0 saturated heterocycles. The molecule has 33 heavy (non-hydrogen) atoms. The highest BCUT2D eigenvalue weighted by molar-refractivity contribution is 7.85. The third-order valence-corrected chi connectivity index (χ3v) is 9.83. The summed E-state index contributed by atoms with van der Waals surface area (Å²) in [6.07, 6.45) is -0.806. The number of hydrogen-bond acceptors (Lipinski definition) is 5. The van der Waals surface area contributed by atoms with Crippen molar-refractivity contribution in [2.75, 3.05) is 56.0 Å². The number of aliphatic hydroxyl groups is 1. The molecule has 1 N–H and O–H groups in total. The largest absolute Gasteiger partial charge is 0.384 e. The van der Waals surface area contributed by atoms with Crippen LogP contribution in [0.25, 0.3) is 0 Å². The summed E-state index contributed by atoms with van der Waals surface area (Å²) in [7, 11) is 4.69. The minimum Gasteiger partial charge on any atom is -0.384 e. The van der Waals surface area contributed by atoms with Gasteiger partial charge in [0.1, 0.15) is 6.10 Å². The molecule has 0 bridgehead atoms. The topological polar surface area (TPSA) is 47.0 Å². The highest BCUT2D eigenvalue weighted by Crippen LogP contribution is 2.51. The molecule has 0 spiro atoms. The van der Waals surface area contributed by atoms with Crippen molar-refractivity contribution in [1.29, 1.82) is 0 Å². The molecule has 0 atom stereocenters. The van der Waals surface area contributed by atoms with E-state index in [0.717, 1.165) is 57.2 Å². The van der Waals surface area contributed by atoms with Crippen molar-refractivity contribution < 1.29 is 9.67 Å². The zero-order chi connectivity index (χ0) is 23.9. The van der Waals surface area contributed by atoms with Crippen LogP contribution in [-0.2, 0) is 4.57 Å². The molecule has 4 rings (SSSR count). The number of anilines is 3. The Balaban J connectivity index is 2.00. The van der Waals surface area contributed by atoms with E-state index in [1.807, 2.05) is 86.5 Å². The summed E-state index contributed by atoms with van der Waals surface area (Å²) in [5.74, 6) is 0. The lowest BCUT2D eigenvalue weighted by atomic mass is 9.99. The Kier molecular flexibility index (Phi) is 6.30. The van der Waals surface area contributed by atoms with Gasteiger partial charge >= 0.3 is 0 Å². The number of benzene rings is 3. The van der Waals surface area contributed by atoms with Gasteiger partial charge in [0.05, 0.1) is 0 Å². The molecule has 174 valence electrons. The van der Waals surface area contributed by atoms with Crippen LogP contribution in [0.4, 0.5) is 17.1 Å². The van der Waals surface area contributed by atoms with E-state index in [-0.39, 0.29) is 0 Å². The number of nitrogens with zero attached hydrogens (tertiary/aromatic N) is 3. The molecule has 1 aliphatic heterocycles. The first-order valence-electron chi connectivity index (χ1n) is 11.5. The Morgan fingerprint density at radius 2 is 1.15 bits per heavy atom. The van der Waals surface area contributed by atoms with E-state index in [1.165, 1.54) is 0 Å². The molecule has 3 aromatic rings. The molecule has 0 fully saturated rings. The first-order chi connectivity index (χ1) is 15.7. The second-order valence-electron chi connectivity index (χ2n) is 8.98. The number of fused-ring (bicyclic) bond motifs is 2. The molecular formula is C27H34N3O2P. The quantitative estimate of drug-likeness (QED) is 0.565. The van der Waals surface area contributed by atoms with E-state index in [4.69, 9.17) is 0 Å². The predicted octanol–water partition coefficient (Wildman–Crippen LogP) is 3.70. The van der Waals surface area contributed by atoms with Crippen molar-refractivity contribution in [1.82, 2.24) is 0 Å². The Morgan fingerprint density at radius 3 is 1.55 bits per heavy atom. The van der Waals surface area contributed by atoms with Crippen molar-refractivity contribution in [3.8, 4) is 0 Å². The Morgan fingerprint density at radius 1 is 0.727 bits per heavy atom. The van der Waals surface area contributed by atoms with Crippen LogP contribution in [0, 0.1) is 0 Å². The smallest absolute Gasteiger partial charge is 0.171 e. The third kappa shape index (κ3) is 3.84. The van der Waals surface area contributed by atoms with Crippen molar-refractivity contribution in [2.24, 2.45) is 0 Å². The average Bonchev–Trinajstić information content (AvgIpc) is 2.83. The van der Waals surface area contributed by atoms with Crippen LogP contribution in [0.5, 0.6) is 0 Å². The molecular weight excluding hydrogens is 429 g/mol. The van der Waals surface area contributed by atoms with Crippen LogP contribution in [0.3, 0.4) is 0 Å².